The summed E-state index contributed by atoms with van der Waals surface area (Å²) >= 11 is 0. The van der Waals surface area contributed by atoms with Crippen LogP contribution in [0.1, 0.15) is 12.8 Å². The van der Waals surface area contributed by atoms with Crippen molar-refractivity contribution in [3.8, 4) is 5.75 Å². The number of sulfonamides is 1. The molecule has 1 heterocycles. The summed E-state index contributed by atoms with van der Waals surface area (Å²) in [5.41, 5.74) is 0. The minimum atomic E-state index is -3.92. The van der Waals surface area contributed by atoms with Gasteiger partial charge in [0.05, 0.1) is 17.9 Å². The van der Waals surface area contributed by atoms with Gasteiger partial charge in [0.25, 0.3) is 0 Å². The summed E-state index contributed by atoms with van der Waals surface area (Å²) in [5, 5.41) is 9.33. The fraction of sp³-hybridized carbons (Fsp3) is 0.533. The first kappa shape index (κ1) is 16.2. The molecule has 1 aromatic carbocycles. The maximum absolute atomic E-state index is 13.8. The Labute approximate surface area is 133 Å². The van der Waals surface area contributed by atoms with Gasteiger partial charge < -0.3 is 9.84 Å². The average Bonchev–Trinajstić information content (AvgIpc) is 3.24. The van der Waals surface area contributed by atoms with Gasteiger partial charge in [-0.3, -0.25) is 4.79 Å². The van der Waals surface area contributed by atoms with E-state index in [0.717, 1.165) is 23.2 Å². The summed E-state index contributed by atoms with van der Waals surface area (Å²) in [5.74, 6) is -2.35. The molecule has 126 valence electrons. The van der Waals surface area contributed by atoms with Gasteiger partial charge in [-0.25, -0.2) is 12.8 Å². The van der Waals surface area contributed by atoms with Crippen LogP contribution in [0.2, 0.25) is 0 Å². The van der Waals surface area contributed by atoms with Crippen LogP contribution in [0.4, 0.5) is 4.39 Å². The van der Waals surface area contributed by atoms with Crippen LogP contribution in [0.25, 0.3) is 0 Å². The van der Waals surface area contributed by atoms with E-state index in [1.54, 1.807) is 0 Å². The van der Waals surface area contributed by atoms with Gasteiger partial charge in [-0.1, -0.05) is 0 Å². The van der Waals surface area contributed by atoms with Crippen molar-refractivity contribution in [1.82, 2.24) is 4.31 Å². The zero-order chi connectivity index (χ0) is 16.8. The molecule has 1 aromatic rings. The first-order valence-corrected chi connectivity index (χ1v) is 8.85. The van der Waals surface area contributed by atoms with Crippen LogP contribution in [0.5, 0.6) is 5.75 Å². The fourth-order valence-electron chi connectivity index (χ4n) is 3.21. The number of halogens is 1. The van der Waals surface area contributed by atoms with Crippen molar-refractivity contribution in [2.75, 3.05) is 20.2 Å². The Morgan fingerprint density at radius 1 is 1.35 bits per heavy atom. The molecular weight excluding hydrogens is 325 g/mol. The quantitative estimate of drug-likeness (QED) is 0.877. The molecule has 1 aliphatic carbocycles. The van der Waals surface area contributed by atoms with E-state index in [-0.39, 0.29) is 35.6 Å². The van der Waals surface area contributed by atoms with Gasteiger partial charge in [0.2, 0.25) is 10.0 Å². The molecule has 1 saturated carbocycles. The molecule has 0 amide bonds. The topological polar surface area (TPSA) is 83.9 Å². The summed E-state index contributed by atoms with van der Waals surface area (Å²) in [7, 11) is -2.62. The second-order valence-electron chi connectivity index (χ2n) is 6.06. The van der Waals surface area contributed by atoms with Crippen molar-refractivity contribution >= 4 is 16.0 Å². The number of hydrogen-bond donors (Lipinski definition) is 1. The molecule has 0 spiro atoms. The van der Waals surface area contributed by atoms with Crippen LogP contribution in [0.15, 0.2) is 23.1 Å². The Bertz CT molecular complexity index is 731. The number of methoxy groups -OCH3 is 1. The largest absolute Gasteiger partial charge is 0.494 e. The van der Waals surface area contributed by atoms with Crippen LogP contribution in [-0.4, -0.2) is 44.0 Å². The lowest BCUT2D eigenvalue weighted by Crippen LogP contribution is -2.30. The summed E-state index contributed by atoms with van der Waals surface area (Å²) in [6, 6.07) is 3.44. The van der Waals surface area contributed by atoms with E-state index >= 15 is 0 Å². The van der Waals surface area contributed by atoms with E-state index in [1.165, 1.54) is 19.2 Å². The minimum Gasteiger partial charge on any atom is -0.494 e. The van der Waals surface area contributed by atoms with Crippen LogP contribution >= 0.6 is 0 Å². The maximum Gasteiger partial charge on any atom is 0.308 e. The molecule has 0 bridgehead atoms. The van der Waals surface area contributed by atoms with E-state index in [0.29, 0.717) is 0 Å². The highest BCUT2D eigenvalue weighted by Crippen LogP contribution is 2.45. The van der Waals surface area contributed by atoms with Crippen molar-refractivity contribution < 1.29 is 27.4 Å². The number of benzene rings is 1. The number of hydrogen-bond acceptors (Lipinski definition) is 4. The zero-order valence-corrected chi connectivity index (χ0v) is 13.4. The van der Waals surface area contributed by atoms with Crippen LogP contribution in [0.3, 0.4) is 0 Å². The van der Waals surface area contributed by atoms with Crippen LogP contribution in [0, 0.1) is 23.6 Å². The van der Waals surface area contributed by atoms with E-state index in [4.69, 9.17) is 4.74 Å². The van der Waals surface area contributed by atoms with Gasteiger partial charge in [0.15, 0.2) is 11.6 Å². The van der Waals surface area contributed by atoms with Crippen LogP contribution < -0.4 is 4.74 Å². The lowest BCUT2D eigenvalue weighted by Gasteiger charge is -2.16. The lowest BCUT2D eigenvalue weighted by molar-refractivity contribution is -0.142. The van der Waals surface area contributed by atoms with Crippen molar-refractivity contribution in [3.05, 3.63) is 24.0 Å². The second-order valence-corrected chi connectivity index (χ2v) is 8.00. The lowest BCUT2D eigenvalue weighted by atomic mass is 9.92. The van der Waals surface area contributed by atoms with E-state index < -0.39 is 27.7 Å². The summed E-state index contributed by atoms with van der Waals surface area (Å²) < 4.78 is 45.1. The Balaban J connectivity index is 1.88. The number of ether oxygens (including phenoxy) is 1. The van der Waals surface area contributed by atoms with Gasteiger partial charge in [-0.05, 0) is 42.9 Å². The molecule has 2 atom stereocenters. The number of aliphatic carboxylic acids is 1. The molecule has 23 heavy (non-hydrogen) atoms. The third-order valence-corrected chi connectivity index (χ3v) is 6.46. The van der Waals surface area contributed by atoms with E-state index in [2.05, 4.69) is 0 Å². The van der Waals surface area contributed by atoms with Crippen molar-refractivity contribution in [2.24, 2.45) is 17.8 Å². The Hall–Kier alpha value is -1.67. The molecule has 0 radical (unpaired) electrons. The minimum absolute atomic E-state index is 0.0374. The molecule has 3 rings (SSSR count). The molecule has 2 aliphatic rings. The SMILES string of the molecule is COc1ccc(S(=O)(=O)N2C[C@H](C(=O)O)[C@@H](C3CC3)C2)cc1F. The smallest absolute Gasteiger partial charge is 0.308 e. The van der Waals surface area contributed by atoms with Crippen molar-refractivity contribution in [3.63, 3.8) is 0 Å². The van der Waals surface area contributed by atoms with Gasteiger partial charge in [0.1, 0.15) is 0 Å². The van der Waals surface area contributed by atoms with Crippen molar-refractivity contribution in [2.45, 2.75) is 17.7 Å². The average molecular weight is 343 g/mol. The fourth-order valence-corrected chi connectivity index (χ4v) is 4.72. The number of carboxylic acid groups (broad SMARTS) is 1. The maximum atomic E-state index is 13.8. The third kappa shape index (κ3) is 2.92. The predicted molar refractivity (Wildman–Crippen MR) is 79.1 cm³/mol. The van der Waals surface area contributed by atoms with E-state index in [9.17, 15) is 22.7 Å². The number of nitrogens with zero attached hydrogens (tertiary/aromatic N) is 1. The monoisotopic (exact) mass is 343 g/mol. The highest BCUT2D eigenvalue weighted by molar-refractivity contribution is 7.89. The van der Waals surface area contributed by atoms with E-state index in [1.807, 2.05) is 0 Å². The van der Waals surface area contributed by atoms with Crippen molar-refractivity contribution in [1.29, 1.82) is 0 Å². The van der Waals surface area contributed by atoms with Crippen LogP contribution in [-0.2, 0) is 14.8 Å². The normalized spacial score (nSPS) is 25.5. The number of carboxylic acids is 1. The Morgan fingerprint density at radius 3 is 2.57 bits per heavy atom. The first-order valence-electron chi connectivity index (χ1n) is 7.41. The predicted octanol–water partition coefficient (Wildman–Crippen LogP) is 1.57. The molecular formula is C15H18FNO5S. The standard InChI is InChI=1S/C15H18FNO5S/c1-22-14-5-4-10(6-13(14)16)23(20,21)17-7-11(9-2-3-9)12(8-17)15(18)19/h4-6,9,11-12H,2-3,7-8H2,1H3,(H,18,19)/t11-,12+/m1/s1. The van der Waals surface area contributed by atoms with Gasteiger partial charge in [0, 0.05) is 13.1 Å². The molecule has 1 N–H and O–H groups in total. The highest BCUT2D eigenvalue weighted by atomic mass is 32.2. The molecule has 1 aliphatic heterocycles. The Kier molecular flexibility index (Phi) is 4.05. The molecule has 8 heteroatoms. The van der Waals surface area contributed by atoms with Gasteiger partial charge in [-0.2, -0.15) is 4.31 Å². The first-order chi connectivity index (χ1) is 10.8. The molecule has 1 saturated heterocycles. The zero-order valence-electron chi connectivity index (χ0n) is 12.6. The summed E-state index contributed by atoms with van der Waals surface area (Å²) in [4.78, 5) is 11.2. The highest BCUT2D eigenvalue weighted by Gasteiger charge is 2.48. The molecule has 0 aromatic heterocycles. The second kappa shape index (κ2) is 5.76. The molecule has 0 unspecified atom stereocenters. The Morgan fingerprint density at radius 2 is 2.04 bits per heavy atom. The van der Waals surface area contributed by atoms with Gasteiger partial charge >= 0.3 is 5.97 Å². The third-order valence-electron chi connectivity index (χ3n) is 4.64. The summed E-state index contributed by atoms with van der Waals surface area (Å²) in [6.07, 6.45) is 1.89. The number of carbonyl (C=O) groups is 1. The summed E-state index contributed by atoms with van der Waals surface area (Å²) in [6.45, 7) is 0.115. The molecule has 6 nitrogen and oxygen atoms in total. The van der Waals surface area contributed by atoms with Gasteiger partial charge in [-0.15, -0.1) is 0 Å². The number of rotatable bonds is 5. The molecule has 2 fully saturated rings.